The van der Waals surface area contributed by atoms with E-state index in [0.717, 1.165) is 10.0 Å². The third-order valence-electron chi connectivity index (χ3n) is 2.64. The van der Waals surface area contributed by atoms with Gasteiger partial charge in [-0.3, -0.25) is 0 Å². The average molecular weight is 345 g/mol. The number of hydrogen-bond donors (Lipinski definition) is 1. The van der Waals surface area contributed by atoms with Crippen LogP contribution >= 0.6 is 27.5 Å². The second-order valence-corrected chi connectivity index (χ2v) is 5.30. The maximum Gasteiger partial charge on any atom is 0.124 e. The minimum absolute atomic E-state index is 0.223. The summed E-state index contributed by atoms with van der Waals surface area (Å²) in [5.41, 5.74) is 7.05. The number of hydrogen-bond acceptors (Lipinski definition) is 2. The molecule has 0 bridgehead atoms. The van der Waals surface area contributed by atoms with Gasteiger partial charge in [-0.2, -0.15) is 0 Å². The molecule has 2 N–H and O–H groups in total. The van der Waals surface area contributed by atoms with Gasteiger partial charge in [0.2, 0.25) is 0 Å². The summed E-state index contributed by atoms with van der Waals surface area (Å²) in [5.74, 6) is 0.248. The van der Waals surface area contributed by atoms with Gasteiger partial charge in [0, 0.05) is 27.2 Å². The van der Waals surface area contributed by atoms with Crippen molar-refractivity contribution in [2.24, 2.45) is 5.73 Å². The van der Waals surface area contributed by atoms with Gasteiger partial charge in [-0.15, -0.1) is 0 Å². The van der Waals surface area contributed by atoms with Gasteiger partial charge < -0.3 is 10.5 Å². The van der Waals surface area contributed by atoms with E-state index in [4.69, 9.17) is 22.1 Å². The fourth-order valence-corrected chi connectivity index (χ4v) is 2.37. The van der Waals surface area contributed by atoms with E-state index in [1.165, 1.54) is 12.1 Å². The molecule has 0 fully saturated rings. The molecule has 0 aliphatic rings. The first kappa shape index (κ1) is 14.3. The molecule has 0 atom stereocenters. The van der Waals surface area contributed by atoms with Crippen LogP contribution in [0.1, 0.15) is 11.1 Å². The van der Waals surface area contributed by atoms with Gasteiger partial charge in [-0.1, -0.05) is 33.6 Å². The molecule has 2 aromatic carbocycles. The number of benzene rings is 2. The minimum atomic E-state index is -0.325. The van der Waals surface area contributed by atoms with Gasteiger partial charge in [0.1, 0.15) is 18.2 Å². The SMILES string of the molecule is NCc1cc(F)ccc1OCc1ccc(Br)cc1Cl. The summed E-state index contributed by atoms with van der Waals surface area (Å²) in [6.07, 6.45) is 0. The Kier molecular flexibility index (Phi) is 4.80. The molecule has 2 aromatic rings. The van der Waals surface area contributed by atoms with E-state index in [1.807, 2.05) is 12.1 Å². The Bertz CT molecular complexity index is 592. The second-order valence-electron chi connectivity index (χ2n) is 3.98. The zero-order valence-electron chi connectivity index (χ0n) is 10.00. The Morgan fingerprint density at radius 2 is 1.95 bits per heavy atom. The van der Waals surface area contributed by atoms with Crippen LogP contribution in [-0.4, -0.2) is 0 Å². The van der Waals surface area contributed by atoms with E-state index in [-0.39, 0.29) is 12.4 Å². The highest BCUT2D eigenvalue weighted by molar-refractivity contribution is 9.10. The van der Waals surface area contributed by atoms with Crippen molar-refractivity contribution in [1.29, 1.82) is 0 Å². The van der Waals surface area contributed by atoms with Crippen molar-refractivity contribution in [3.8, 4) is 5.75 Å². The van der Waals surface area contributed by atoms with Crippen LogP contribution < -0.4 is 10.5 Å². The van der Waals surface area contributed by atoms with Crippen LogP contribution in [0.4, 0.5) is 4.39 Å². The summed E-state index contributed by atoms with van der Waals surface area (Å²) >= 11 is 9.44. The van der Waals surface area contributed by atoms with Crippen LogP contribution in [0.2, 0.25) is 5.02 Å². The third-order valence-corrected chi connectivity index (χ3v) is 3.49. The Balaban J connectivity index is 2.14. The molecule has 0 unspecified atom stereocenters. The second kappa shape index (κ2) is 6.37. The van der Waals surface area contributed by atoms with Crippen molar-refractivity contribution in [2.45, 2.75) is 13.2 Å². The summed E-state index contributed by atoms with van der Waals surface area (Å²) in [7, 11) is 0. The number of nitrogens with two attached hydrogens (primary N) is 1. The quantitative estimate of drug-likeness (QED) is 0.898. The minimum Gasteiger partial charge on any atom is -0.489 e. The molecule has 0 aliphatic heterocycles. The largest absolute Gasteiger partial charge is 0.489 e. The van der Waals surface area contributed by atoms with Crippen LogP contribution in [-0.2, 0) is 13.2 Å². The van der Waals surface area contributed by atoms with Crippen molar-refractivity contribution in [3.05, 3.63) is 62.8 Å². The highest BCUT2D eigenvalue weighted by Crippen LogP contribution is 2.24. The van der Waals surface area contributed by atoms with Gasteiger partial charge in [0.15, 0.2) is 0 Å². The lowest BCUT2D eigenvalue weighted by Gasteiger charge is -2.11. The Hall–Kier alpha value is -1.10. The van der Waals surface area contributed by atoms with E-state index in [2.05, 4.69) is 15.9 Å². The maximum atomic E-state index is 13.1. The summed E-state index contributed by atoms with van der Waals surface area (Å²) in [6, 6.07) is 9.85. The van der Waals surface area contributed by atoms with Crippen molar-refractivity contribution >= 4 is 27.5 Å². The lowest BCUT2D eigenvalue weighted by Crippen LogP contribution is -2.03. The fraction of sp³-hybridized carbons (Fsp3) is 0.143. The average Bonchev–Trinajstić information content (AvgIpc) is 2.39. The van der Waals surface area contributed by atoms with Crippen molar-refractivity contribution in [1.82, 2.24) is 0 Å². The van der Waals surface area contributed by atoms with E-state index >= 15 is 0 Å². The Morgan fingerprint density at radius 3 is 2.63 bits per heavy atom. The smallest absolute Gasteiger partial charge is 0.124 e. The molecule has 0 saturated heterocycles. The molecule has 2 nitrogen and oxygen atoms in total. The highest BCUT2D eigenvalue weighted by Gasteiger charge is 2.06. The van der Waals surface area contributed by atoms with Crippen LogP contribution in [0.3, 0.4) is 0 Å². The predicted octanol–water partition coefficient (Wildman–Crippen LogP) is 4.28. The number of ether oxygens (including phenoxy) is 1. The van der Waals surface area contributed by atoms with Crippen molar-refractivity contribution < 1.29 is 9.13 Å². The number of rotatable bonds is 4. The molecule has 100 valence electrons. The summed E-state index contributed by atoms with van der Waals surface area (Å²) in [5, 5.41) is 0.616. The van der Waals surface area contributed by atoms with Crippen LogP contribution in [0.15, 0.2) is 40.9 Å². The molecular weight excluding hydrogens is 333 g/mol. The van der Waals surface area contributed by atoms with Crippen LogP contribution in [0, 0.1) is 5.82 Å². The maximum absolute atomic E-state index is 13.1. The number of halogens is 3. The lowest BCUT2D eigenvalue weighted by atomic mass is 10.2. The molecule has 0 radical (unpaired) electrons. The zero-order valence-corrected chi connectivity index (χ0v) is 12.3. The molecule has 0 amide bonds. The molecule has 0 spiro atoms. The topological polar surface area (TPSA) is 35.2 Å². The first-order valence-electron chi connectivity index (χ1n) is 5.65. The summed E-state index contributed by atoms with van der Waals surface area (Å²) in [4.78, 5) is 0. The molecule has 5 heteroatoms. The first-order chi connectivity index (χ1) is 9.10. The van der Waals surface area contributed by atoms with E-state index in [0.29, 0.717) is 22.9 Å². The third kappa shape index (κ3) is 3.69. The molecule has 0 aliphatic carbocycles. The molecule has 19 heavy (non-hydrogen) atoms. The Labute approximate surface area is 124 Å². The van der Waals surface area contributed by atoms with Gasteiger partial charge in [0.25, 0.3) is 0 Å². The standard InChI is InChI=1S/C14H12BrClFNO/c15-11-2-1-9(13(16)6-11)8-19-14-4-3-12(17)5-10(14)7-18/h1-6H,7-8,18H2. The Morgan fingerprint density at radius 1 is 1.16 bits per heavy atom. The van der Waals surface area contributed by atoms with Gasteiger partial charge in [-0.25, -0.2) is 4.39 Å². The summed E-state index contributed by atoms with van der Waals surface area (Å²) in [6.45, 7) is 0.534. The zero-order chi connectivity index (χ0) is 13.8. The lowest BCUT2D eigenvalue weighted by molar-refractivity contribution is 0.302. The van der Waals surface area contributed by atoms with Gasteiger partial charge >= 0.3 is 0 Å². The molecule has 0 aromatic heterocycles. The van der Waals surface area contributed by atoms with Crippen LogP contribution in [0.5, 0.6) is 5.75 Å². The molecule has 0 heterocycles. The van der Waals surface area contributed by atoms with Crippen LogP contribution in [0.25, 0.3) is 0 Å². The highest BCUT2D eigenvalue weighted by atomic mass is 79.9. The predicted molar refractivity (Wildman–Crippen MR) is 77.8 cm³/mol. The molecule has 2 rings (SSSR count). The fourth-order valence-electron chi connectivity index (χ4n) is 1.64. The van der Waals surface area contributed by atoms with Crippen molar-refractivity contribution in [3.63, 3.8) is 0 Å². The van der Waals surface area contributed by atoms with E-state index in [9.17, 15) is 4.39 Å². The van der Waals surface area contributed by atoms with Gasteiger partial charge in [-0.05, 0) is 30.3 Å². The normalized spacial score (nSPS) is 10.5. The summed E-state index contributed by atoms with van der Waals surface area (Å²) < 4.78 is 19.6. The monoisotopic (exact) mass is 343 g/mol. The molecule has 0 saturated carbocycles. The first-order valence-corrected chi connectivity index (χ1v) is 6.82. The molecular formula is C14H12BrClFNO. The van der Waals surface area contributed by atoms with Crippen molar-refractivity contribution in [2.75, 3.05) is 0 Å². The van der Waals surface area contributed by atoms with E-state index in [1.54, 1.807) is 12.1 Å². The van der Waals surface area contributed by atoms with E-state index < -0.39 is 0 Å². The van der Waals surface area contributed by atoms with Gasteiger partial charge in [0.05, 0.1) is 0 Å².